The summed E-state index contributed by atoms with van der Waals surface area (Å²) < 4.78 is 35.5. The molecular weight excluding hydrogens is 396 g/mol. The number of aryl methyl sites for hydroxylation is 1. The van der Waals surface area contributed by atoms with E-state index >= 15 is 0 Å². The Labute approximate surface area is 168 Å². The molecule has 3 heterocycles. The summed E-state index contributed by atoms with van der Waals surface area (Å²) in [6, 6.07) is 5.05. The number of hydrogen-bond donors (Lipinski definition) is 2. The summed E-state index contributed by atoms with van der Waals surface area (Å²) in [6.45, 7) is 5.09. The number of aliphatic imine (C=N–C) groups is 1. The largest absolute Gasteiger partial charge is 0.493 e. The van der Waals surface area contributed by atoms with Gasteiger partial charge in [0, 0.05) is 24.6 Å². The predicted octanol–water partition coefficient (Wildman–Crippen LogP) is 1.78. The minimum absolute atomic E-state index is 0.0733. The Bertz CT molecular complexity index is 1140. The average Bonchev–Trinajstić information content (AvgIpc) is 3.07. The molecular formula is C19H22N4O5S. The highest BCUT2D eigenvalue weighted by Gasteiger charge is 2.52. The quantitative estimate of drug-likeness (QED) is 0.758. The van der Waals surface area contributed by atoms with Crippen LogP contribution in [0.3, 0.4) is 0 Å². The Hall–Kier alpha value is -2.88. The molecule has 0 saturated carbocycles. The molecule has 1 atom stereocenters. The molecule has 2 aliphatic heterocycles. The zero-order chi connectivity index (χ0) is 21.0. The molecule has 29 heavy (non-hydrogen) atoms. The van der Waals surface area contributed by atoms with Gasteiger partial charge in [0.05, 0.1) is 12.4 Å². The number of benzene rings is 1. The Morgan fingerprint density at radius 3 is 2.72 bits per heavy atom. The number of ether oxygens (including phenoxy) is 1. The average molecular weight is 418 g/mol. The lowest BCUT2D eigenvalue weighted by Gasteiger charge is -2.42. The number of hydrogen-bond acceptors (Lipinski definition) is 8. The molecule has 1 spiro atoms. The second kappa shape index (κ2) is 6.31. The standard InChI is InChI=1S/C19H22N4O5S/c1-11-21-14(9-28-11)16(24)22-12-4-5-15-13(8-12)19(6-7-27-15)10-29(25,26)18(2,3)17(20)23-19/h4-5,8-9H,6-7,10H2,1-3H3,(H2,20,23)(H,22,24). The number of amidine groups is 1. The van der Waals surface area contributed by atoms with Crippen LogP contribution in [-0.2, 0) is 15.4 Å². The highest BCUT2D eigenvalue weighted by molar-refractivity contribution is 7.93. The maximum Gasteiger partial charge on any atom is 0.277 e. The van der Waals surface area contributed by atoms with Crippen LogP contribution in [0.1, 0.15) is 42.2 Å². The van der Waals surface area contributed by atoms with Gasteiger partial charge < -0.3 is 20.2 Å². The van der Waals surface area contributed by atoms with Crippen LogP contribution in [0.4, 0.5) is 5.69 Å². The fraction of sp³-hybridized carbons (Fsp3) is 0.421. The number of carbonyl (C=O) groups is 1. The first-order valence-electron chi connectivity index (χ1n) is 9.13. The molecule has 0 aliphatic carbocycles. The maximum atomic E-state index is 13.0. The molecule has 154 valence electrons. The number of rotatable bonds is 2. The number of oxazole rings is 1. The molecule has 1 amide bonds. The summed E-state index contributed by atoms with van der Waals surface area (Å²) in [7, 11) is -3.56. The van der Waals surface area contributed by atoms with Gasteiger partial charge in [0.1, 0.15) is 28.1 Å². The lowest BCUT2D eigenvalue weighted by atomic mass is 9.85. The van der Waals surface area contributed by atoms with Crippen LogP contribution < -0.4 is 15.8 Å². The van der Waals surface area contributed by atoms with Gasteiger partial charge in [-0.3, -0.25) is 9.79 Å². The van der Waals surface area contributed by atoms with E-state index in [1.54, 1.807) is 39.0 Å². The molecule has 0 radical (unpaired) electrons. The number of nitrogens with zero attached hydrogens (tertiary/aromatic N) is 2. The van der Waals surface area contributed by atoms with Crippen molar-refractivity contribution in [2.45, 2.75) is 37.5 Å². The number of nitrogens with two attached hydrogens (primary N) is 1. The Morgan fingerprint density at radius 2 is 2.07 bits per heavy atom. The third kappa shape index (κ3) is 3.07. The Balaban J connectivity index is 1.75. The second-order valence-corrected chi connectivity index (χ2v) is 10.4. The fourth-order valence-corrected chi connectivity index (χ4v) is 5.26. The van der Waals surface area contributed by atoms with Crippen molar-refractivity contribution in [2.24, 2.45) is 10.7 Å². The molecule has 1 aromatic heterocycles. The zero-order valence-electron chi connectivity index (χ0n) is 16.4. The number of anilines is 1. The van der Waals surface area contributed by atoms with Crippen LogP contribution in [0.15, 0.2) is 33.9 Å². The molecule has 2 aromatic rings. The normalized spacial score (nSPS) is 24.3. The van der Waals surface area contributed by atoms with E-state index in [-0.39, 0.29) is 17.3 Å². The lowest BCUT2D eigenvalue weighted by Crippen LogP contribution is -2.56. The number of carbonyl (C=O) groups excluding carboxylic acids is 1. The van der Waals surface area contributed by atoms with Crippen LogP contribution in [0.2, 0.25) is 0 Å². The van der Waals surface area contributed by atoms with Gasteiger partial charge in [-0.25, -0.2) is 13.4 Å². The van der Waals surface area contributed by atoms with Crippen LogP contribution >= 0.6 is 0 Å². The summed E-state index contributed by atoms with van der Waals surface area (Å²) in [4.78, 5) is 21.0. The van der Waals surface area contributed by atoms with Gasteiger partial charge in [-0.15, -0.1) is 0 Å². The van der Waals surface area contributed by atoms with Crippen molar-refractivity contribution in [3.63, 3.8) is 0 Å². The highest BCUT2D eigenvalue weighted by Crippen LogP contribution is 2.46. The second-order valence-electron chi connectivity index (χ2n) is 7.81. The summed E-state index contributed by atoms with van der Waals surface area (Å²) in [5.41, 5.74) is 6.24. The Kier molecular flexibility index (Phi) is 4.23. The van der Waals surface area contributed by atoms with E-state index in [4.69, 9.17) is 14.9 Å². The molecule has 9 nitrogen and oxygen atoms in total. The molecule has 1 aromatic carbocycles. The fourth-order valence-electron chi connectivity index (χ4n) is 3.54. The van der Waals surface area contributed by atoms with Gasteiger partial charge in [0.25, 0.3) is 5.91 Å². The first-order chi connectivity index (χ1) is 13.5. The van der Waals surface area contributed by atoms with Crippen molar-refractivity contribution in [1.29, 1.82) is 0 Å². The molecule has 4 rings (SSSR count). The van der Waals surface area contributed by atoms with Gasteiger partial charge in [0.15, 0.2) is 21.4 Å². The van der Waals surface area contributed by atoms with E-state index in [9.17, 15) is 13.2 Å². The number of amides is 1. The number of fused-ring (bicyclic) bond motifs is 2. The minimum atomic E-state index is -3.56. The summed E-state index contributed by atoms with van der Waals surface area (Å²) >= 11 is 0. The number of aromatic nitrogens is 1. The molecule has 0 saturated heterocycles. The number of nitrogens with one attached hydrogen (secondary N) is 1. The van der Waals surface area contributed by atoms with E-state index in [0.717, 1.165) is 0 Å². The van der Waals surface area contributed by atoms with E-state index in [0.29, 0.717) is 35.9 Å². The zero-order valence-corrected chi connectivity index (χ0v) is 17.2. The van der Waals surface area contributed by atoms with Gasteiger partial charge in [-0.2, -0.15) is 0 Å². The monoisotopic (exact) mass is 418 g/mol. The van der Waals surface area contributed by atoms with Crippen molar-refractivity contribution in [3.8, 4) is 5.75 Å². The van der Waals surface area contributed by atoms with Crippen LogP contribution in [0.5, 0.6) is 5.75 Å². The van der Waals surface area contributed by atoms with Crippen molar-refractivity contribution in [1.82, 2.24) is 4.98 Å². The first kappa shape index (κ1) is 19.4. The smallest absolute Gasteiger partial charge is 0.277 e. The molecule has 2 aliphatic rings. The predicted molar refractivity (Wildman–Crippen MR) is 107 cm³/mol. The van der Waals surface area contributed by atoms with Crippen molar-refractivity contribution in [2.75, 3.05) is 17.7 Å². The van der Waals surface area contributed by atoms with Gasteiger partial charge >= 0.3 is 0 Å². The minimum Gasteiger partial charge on any atom is -0.493 e. The maximum absolute atomic E-state index is 13.0. The molecule has 3 N–H and O–H groups in total. The topological polar surface area (TPSA) is 137 Å². The van der Waals surface area contributed by atoms with Crippen molar-refractivity contribution >= 4 is 27.3 Å². The summed E-state index contributed by atoms with van der Waals surface area (Å²) in [6.07, 6.45) is 1.64. The summed E-state index contributed by atoms with van der Waals surface area (Å²) in [5.74, 6) is 0.368. The SMILES string of the molecule is Cc1nc(C(=O)Nc2ccc3c(c2)C2(CCO3)CS(=O)(=O)C(C)(C)C(N)=N2)co1. The van der Waals surface area contributed by atoms with Gasteiger partial charge in [-0.1, -0.05) is 0 Å². The molecule has 10 heteroatoms. The summed E-state index contributed by atoms with van der Waals surface area (Å²) in [5, 5.41) is 2.75. The van der Waals surface area contributed by atoms with E-state index < -0.39 is 26.0 Å². The van der Waals surface area contributed by atoms with Crippen LogP contribution in [0, 0.1) is 6.92 Å². The lowest BCUT2D eigenvalue weighted by molar-refractivity contribution is 0.102. The van der Waals surface area contributed by atoms with E-state index in [1.165, 1.54) is 6.26 Å². The van der Waals surface area contributed by atoms with E-state index in [2.05, 4.69) is 15.3 Å². The van der Waals surface area contributed by atoms with Crippen LogP contribution in [0.25, 0.3) is 0 Å². The first-order valence-corrected chi connectivity index (χ1v) is 10.8. The third-order valence-corrected chi connectivity index (χ3v) is 8.14. The van der Waals surface area contributed by atoms with Crippen LogP contribution in [-0.4, -0.2) is 42.3 Å². The van der Waals surface area contributed by atoms with Gasteiger partial charge in [-0.05, 0) is 32.0 Å². The Morgan fingerprint density at radius 1 is 1.31 bits per heavy atom. The highest BCUT2D eigenvalue weighted by atomic mass is 32.2. The number of sulfone groups is 1. The third-order valence-electron chi connectivity index (χ3n) is 5.52. The van der Waals surface area contributed by atoms with Crippen molar-refractivity contribution in [3.05, 3.63) is 41.6 Å². The molecule has 0 fully saturated rings. The molecule has 0 bridgehead atoms. The van der Waals surface area contributed by atoms with Gasteiger partial charge in [0.2, 0.25) is 0 Å². The molecule has 1 unspecified atom stereocenters. The van der Waals surface area contributed by atoms with E-state index in [1.807, 2.05) is 0 Å². The van der Waals surface area contributed by atoms with Crippen molar-refractivity contribution < 1.29 is 22.4 Å².